The SMILES string of the molecule is CCOC(=O)[C@H]1NCC[C@H]1C. The lowest BCUT2D eigenvalue weighted by atomic mass is 10.0. The minimum absolute atomic E-state index is 0.0602. The van der Waals surface area contributed by atoms with Crippen LogP contribution in [0.25, 0.3) is 0 Å². The van der Waals surface area contributed by atoms with Crippen LogP contribution in [0.15, 0.2) is 0 Å². The number of esters is 1. The van der Waals surface area contributed by atoms with Crippen molar-refractivity contribution in [3.8, 4) is 0 Å². The number of carbonyl (C=O) groups excluding carboxylic acids is 1. The van der Waals surface area contributed by atoms with Gasteiger partial charge in [0, 0.05) is 0 Å². The number of nitrogens with one attached hydrogen (secondary N) is 1. The van der Waals surface area contributed by atoms with Crippen molar-refractivity contribution in [3.63, 3.8) is 0 Å². The molecule has 0 unspecified atom stereocenters. The summed E-state index contributed by atoms with van der Waals surface area (Å²) in [6.45, 7) is 5.31. The lowest BCUT2D eigenvalue weighted by molar-refractivity contribution is -0.146. The molecule has 0 saturated carbocycles. The lowest BCUT2D eigenvalue weighted by Crippen LogP contribution is -2.36. The van der Waals surface area contributed by atoms with E-state index in [1.807, 2.05) is 6.92 Å². The fraction of sp³-hybridized carbons (Fsp3) is 0.875. The van der Waals surface area contributed by atoms with Crippen molar-refractivity contribution in [1.82, 2.24) is 5.32 Å². The normalized spacial score (nSPS) is 30.4. The second-order valence-electron chi connectivity index (χ2n) is 2.95. The molecule has 11 heavy (non-hydrogen) atoms. The molecule has 3 heteroatoms. The highest BCUT2D eigenvalue weighted by Gasteiger charge is 2.29. The average Bonchev–Trinajstić information content (AvgIpc) is 2.36. The summed E-state index contributed by atoms with van der Waals surface area (Å²) in [5.74, 6) is 0.326. The Morgan fingerprint density at radius 1 is 1.73 bits per heavy atom. The average molecular weight is 157 g/mol. The molecule has 0 amide bonds. The molecule has 3 nitrogen and oxygen atoms in total. The Hall–Kier alpha value is -0.570. The van der Waals surface area contributed by atoms with E-state index in [4.69, 9.17) is 4.74 Å². The standard InChI is InChI=1S/C8H15NO2/c1-3-11-8(10)7-6(2)4-5-9-7/h6-7,9H,3-5H2,1-2H3/t6-,7+/m1/s1. The van der Waals surface area contributed by atoms with Gasteiger partial charge in [-0.15, -0.1) is 0 Å². The Bertz CT molecular complexity index is 147. The Morgan fingerprint density at radius 2 is 2.45 bits per heavy atom. The number of hydrogen-bond acceptors (Lipinski definition) is 3. The first-order valence-corrected chi connectivity index (χ1v) is 4.15. The summed E-state index contributed by atoms with van der Waals surface area (Å²) in [6, 6.07) is -0.0602. The highest BCUT2D eigenvalue weighted by atomic mass is 16.5. The van der Waals surface area contributed by atoms with Crippen molar-refractivity contribution in [1.29, 1.82) is 0 Å². The molecule has 0 radical (unpaired) electrons. The minimum atomic E-state index is -0.0995. The quantitative estimate of drug-likeness (QED) is 0.595. The van der Waals surface area contributed by atoms with Gasteiger partial charge in [-0.25, -0.2) is 0 Å². The third-order valence-corrected chi connectivity index (χ3v) is 2.07. The predicted octanol–water partition coefficient (Wildman–Crippen LogP) is 0.547. The fourth-order valence-corrected chi connectivity index (χ4v) is 1.38. The molecule has 0 aliphatic carbocycles. The van der Waals surface area contributed by atoms with Crippen molar-refractivity contribution < 1.29 is 9.53 Å². The maximum Gasteiger partial charge on any atom is 0.323 e. The number of hydrogen-bond donors (Lipinski definition) is 1. The molecule has 1 saturated heterocycles. The lowest BCUT2D eigenvalue weighted by Gasteiger charge is -2.12. The first kappa shape index (κ1) is 8.53. The highest BCUT2D eigenvalue weighted by Crippen LogP contribution is 2.15. The number of rotatable bonds is 2. The van der Waals surface area contributed by atoms with Gasteiger partial charge in [-0.1, -0.05) is 6.92 Å². The van der Waals surface area contributed by atoms with Gasteiger partial charge in [0.25, 0.3) is 0 Å². The van der Waals surface area contributed by atoms with E-state index in [1.54, 1.807) is 0 Å². The Morgan fingerprint density at radius 3 is 2.91 bits per heavy atom. The molecule has 0 aromatic rings. The van der Waals surface area contributed by atoms with Gasteiger partial charge in [0.15, 0.2) is 0 Å². The van der Waals surface area contributed by atoms with Crippen LogP contribution in [0.3, 0.4) is 0 Å². The maximum absolute atomic E-state index is 11.2. The van der Waals surface area contributed by atoms with Gasteiger partial charge in [-0.2, -0.15) is 0 Å². The first-order valence-electron chi connectivity index (χ1n) is 4.15. The van der Waals surface area contributed by atoms with Gasteiger partial charge in [-0.05, 0) is 25.8 Å². The molecule has 2 atom stereocenters. The molecule has 0 spiro atoms. The smallest absolute Gasteiger partial charge is 0.323 e. The molecule has 1 heterocycles. The van der Waals surface area contributed by atoms with E-state index in [1.165, 1.54) is 0 Å². The molecule has 1 rings (SSSR count). The topological polar surface area (TPSA) is 38.3 Å². The molecular weight excluding hydrogens is 142 g/mol. The van der Waals surface area contributed by atoms with Crippen LogP contribution in [-0.2, 0) is 9.53 Å². The number of ether oxygens (including phenoxy) is 1. The van der Waals surface area contributed by atoms with Crippen molar-refractivity contribution >= 4 is 5.97 Å². The van der Waals surface area contributed by atoms with E-state index in [-0.39, 0.29) is 12.0 Å². The third kappa shape index (κ3) is 1.93. The van der Waals surface area contributed by atoms with Gasteiger partial charge in [0.1, 0.15) is 6.04 Å². The van der Waals surface area contributed by atoms with Gasteiger partial charge >= 0.3 is 5.97 Å². The zero-order valence-corrected chi connectivity index (χ0v) is 7.09. The summed E-state index contributed by atoms with van der Waals surface area (Å²) in [6.07, 6.45) is 1.07. The second-order valence-corrected chi connectivity index (χ2v) is 2.95. The Kier molecular flexibility index (Phi) is 2.88. The summed E-state index contributed by atoms with van der Waals surface area (Å²) < 4.78 is 4.89. The van der Waals surface area contributed by atoms with Crippen LogP contribution in [0.5, 0.6) is 0 Å². The summed E-state index contributed by atoms with van der Waals surface area (Å²) in [5.41, 5.74) is 0. The summed E-state index contributed by atoms with van der Waals surface area (Å²) in [4.78, 5) is 11.2. The molecular formula is C8H15NO2. The molecule has 1 aliphatic heterocycles. The van der Waals surface area contributed by atoms with Crippen LogP contribution in [0, 0.1) is 5.92 Å². The predicted molar refractivity (Wildman–Crippen MR) is 42.2 cm³/mol. The Labute approximate surface area is 67.1 Å². The molecule has 1 N–H and O–H groups in total. The number of carbonyl (C=O) groups is 1. The van der Waals surface area contributed by atoms with Gasteiger partial charge in [-0.3, -0.25) is 4.79 Å². The van der Waals surface area contributed by atoms with E-state index < -0.39 is 0 Å². The van der Waals surface area contributed by atoms with Crippen LogP contribution in [0.4, 0.5) is 0 Å². The van der Waals surface area contributed by atoms with E-state index in [0.29, 0.717) is 12.5 Å². The first-order chi connectivity index (χ1) is 5.25. The van der Waals surface area contributed by atoms with E-state index in [2.05, 4.69) is 12.2 Å². The van der Waals surface area contributed by atoms with Crippen molar-refractivity contribution in [2.45, 2.75) is 26.3 Å². The summed E-state index contributed by atoms with van der Waals surface area (Å²) in [7, 11) is 0. The summed E-state index contributed by atoms with van der Waals surface area (Å²) >= 11 is 0. The molecule has 0 aromatic carbocycles. The van der Waals surface area contributed by atoms with E-state index >= 15 is 0 Å². The molecule has 1 aliphatic rings. The zero-order valence-electron chi connectivity index (χ0n) is 7.09. The van der Waals surface area contributed by atoms with E-state index in [0.717, 1.165) is 13.0 Å². The summed E-state index contributed by atoms with van der Waals surface area (Å²) in [5, 5.41) is 3.12. The molecule has 64 valence electrons. The monoisotopic (exact) mass is 157 g/mol. The highest BCUT2D eigenvalue weighted by molar-refractivity contribution is 5.76. The largest absolute Gasteiger partial charge is 0.465 e. The molecule has 1 fully saturated rings. The van der Waals surface area contributed by atoms with Crippen molar-refractivity contribution in [2.75, 3.05) is 13.2 Å². The van der Waals surface area contributed by atoms with Gasteiger partial charge in [0.2, 0.25) is 0 Å². The van der Waals surface area contributed by atoms with Gasteiger partial charge in [0.05, 0.1) is 6.61 Å². The fourth-order valence-electron chi connectivity index (χ4n) is 1.38. The second kappa shape index (κ2) is 3.72. The zero-order chi connectivity index (χ0) is 8.27. The Balaban J connectivity index is 2.39. The maximum atomic E-state index is 11.2. The minimum Gasteiger partial charge on any atom is -0.465 e. The van der Waals surface area contributed by atoms with Crippen LogP contribution >= 0.6 is 0 Å². The van der Waals surface area contributed by atoms with Crippen molar-refractivity contribution in [2.24, 2.45) is 5.92 Å². The van der Waals surface area contributed by atoms with Crippen LogP contribution < -0.4 is 5.32 Å². The van der Waals surface area contributed by atoms with E-state index in [9.17, 15) is 4.79 Å². The molecule has 0 bridgehead atoms. The molecule has 0 aromatic heterocycles. The van der Waals surface area contributed by atoms with Crippen molar-refractivity contribution in [3.05, 3.63) is 0 Å². The van der Waals surface area contributed by atoms with Gasteiger partial charge < -0.3 is 10.1 Å². The third-order valence-electron chi connectivity index (χ3n) is 2.07. The van der Waals surface area contributed by atoms with Crippen LogP contribution in [0.2, 0.25) is 0 Å². The van der Waals surface area contributed by atoms with Crippen LogP contribution in [0.1, 0.15) is 20.3 Å². The van der Waals surface area contributed by atoms with Crippen LogP contribution in [-0.4, -0.2) is 25.2 Å².